The number of ether oxygens (including phenoxy) is 1. The molecule has 1 heterocycles. The smallest absolute Gasteiger partial charge is 0.331 e. The highest BCUT2D eigenvalue weighted by Gasteiger charge is 2.37. The van der Waals surface area contributed by atoms with Crippen molar-refractivity contribution in [2.45, 2.75) is 18.4 Å². The van der Waals surface area contributed by atoms with Crippen LogP contribution in [0.25, 0.3) is 6.08 Å². The van der Waals surface area contributed by atoms with Crippen LogP contribution in [0.1, 0.15) is 24.0 Å². The van der Waals surface area contributed by atoms with Crippen molar-refractivity contribution in [3.8, 4) is 0 Å². The van der Waals surface area contributed by atoms with Crippen molar-refractivity contribution in [2.75, 3.05) is 13.1 Å². The number of hydrogen-bond donors (Lipinski definition) is 1. The first-order valence-corrected chi connectivity index (χ1v) is 8.51. The van der Waals surface area contributed by atoms with E-state index in [4.69, 9.17) is 4.74 Å². The lowest BCUT2D eigenvalue weighted by molar-refractivity contribution is -0.384. The number of nitrogens with zero attached hydrogens (tertiary/aromatic N) is 1. The lowest BCUT2D eigenvalue weighted by Crippen LogP contribution is -2.42. The van der Waals surface area contributed by atoms with Gasteiger partial charge < -0.3 is 10.1 Å². The van der Waals surface area contributed by atoms with Gasteiger partial charge in [0, 0.05) is 31.1 Å². The highest BCUT2D eigenvalue weighted by atomic mass is 16.6. The van der Waals surface area contributed by atoms with E-state index in [1.54, 1.807) is 18.2 Å². The number of rotatable bonds is 5. The highest BCUT2D eigenvalue weighted by Crippen LogP contribution is 2.35. The molecule has 26 heavy (non-hydrogen) atoms. The molecule has 0 bridgehead atoms. The molecule has 0 spiro atoms. The topological polar surface area (TPSA) is 81.5 Å². The maximum atomic E-state index is 12.4. The zero-order valence-electron chi connectivity index (χ0n) is 14.3. The Labute approximate surface area is 151 Å². The number of hydrogen-bond acceptors (Lipinski definition) is 5. The number of carbonyl (C=O) groups excluding carboxylic acids is 1. The molecule has 0 aliphatic carbocycles. The molecule has 6 heteroatoms. The molecule has 3 rings (SSSR count). The Balaban J connectivity index is 1.73. The van der Waals surface area contributed by atoms with Crippen LogP contribution in [0.3, 0.4) is 0 Å². The van der Waals surface area contributed by atoms with Gasteiger partial charge in [0.1, 0.15) is 5.60 Å². The van der Waals surface area contributed by atoms with E-state index in [0.717, 1.165) is 18.7 Å². The zero-order valence-corrected chi connectivity index (χ0v) is 14.3. The predicted molar refractivity (Wildman–Crippen MR) is 98.4 cm³/mol. The molecule has 0 radical (unpaired) electrons. The second-order valence-electron chi connectivity index (χ2n) is 6.21. The van der Waals surface area contributed by atoms with Crippen LogP contribution in [-0.4, -0.2) is 24.0 Å². The second kappa shape index (κ2) is 7.93. The lowest BCUT2D eigenvalue weighted by atomic mass is 9.85. The van der Waals surface area contributed by atoms with Crippen LogP contribution >= 0.6 is 0 Å². The molecule has 134 valence electrons. The Bertz CT molecular complexity index is 794. The second-order valence-corrected chi connectivity index (χ2v) is 6.21. The summed E-state index contributed by atoms with van der Waals surface area (Å²) < 4.78 is 5.87. The summed E-state index contributed by atoms with van der Waals surface area (Å²) in [5, 5.41) is 14.0. The van der Waals surface area contributed by atoms with E-state index in [2.05, 4.69) is 5.32 Å². The number of non-ortho nitro benzene ring substituents is 1. The Morgan fingerprint density at radius 1 is 1.08 bits per heavy atom. The van der Waals surface area contributed by atoms with Gasteiger partial charge in [-0.2, -0.15) is 0 Å². The van der Waals surface area contributed by atoms with Crippen LogP contribution in [0.4, 0.5) is 5.69 Å². The maximum absolute atomic E-state index is 12.4. The predicted octanol–water partition coefficient (Wildman–Crippen LogP) is 3.43. The number of nitro benzene ring substituents is 1. The van der Waals surface area contributed by atoms with Crippen LogP contribution in [-0.2, 0) is 15.1 Å². The number of benzene rings is 2. The van der Waals surface area contributed by atoms with Gasteiger partial charge in [0.05, 0.1) is 4.92 Å². The Kier molecular flexibility index (Phi) is 5.43. The molecule has 0 unspecified atom stereocenters. The third-order valence-corrected chi connectivity index (χ3v) is 4.52. The molecule has 1 aliphatic rings. The minimum Gasteiger partial charge on any atom is -0.451 e. The molecule has 1 aliphatic heterocycles. The number of carbonyl (C=O) groups is 1. The number of piperidine rings is 1. The fourth-order valence-electron chi connectivity index (χ4n) is 3.12. The van der Waals surface area contributed by atoms with Crippen molar-refractivity contribution in [3.63, 3.8) is 0 Å². The van der Waals surface area contributed by atoms with Crippen LogP contribution in [0.2, 0.25) is 0 Å². The van der Waals surface area contributed by atoms with Gasteiger partial charge in [0.15, 0.2) is 0 Å². The summed E-state index contributed by atoms with van der Waals surface area (Å²) in [7, 11) is 0. The minimum absolute atomic E-state index is 0.0162. The molecule has 2 aromatic rings. The van der Waals surface area contributed by atoms with E-state index in [1.165, 1.54) is 18.2 Å². The fraction of sp³-hybridized carbons (Fsp3) is 0.250. The SMILES string of the molecule is O=C(/C=C/c1ccc([N+](=O)[O-])cc1)OC1(c2ccccc2)CCNCC1. The van der Waals surface area contributed by atoms with Crippen molar-refractivity contribution in [2.24, 2.45) is 0 Å². The third kappa shape index (κ3) is 4.15. The normalized spacial score (nSPS) is 16.3. The molecular formula is C20H20N2O4. The summed E-state index contributed by atoms with van der Waals surface area (Å²) in [4.78, 5) is 22.6. The van der Waals surface area contributed by atoms with E-state index < -0.39 is 16.5 Å². The first kappa shape index (κ1) is 17.8. The monoisotopic (exact) mass is 352 g/mol. The molecule has 6 nitrogen and oxygen atoms in total. The summed E-state index contributed by atoms with van der Waals surface area (Å²) in [6.07, 6.45) is 4.40. The van der Waals surface area contributed by atoms with E-state index in [9.17, 15) is 14.9 Å². The summed E-state index contributed by atoms with van der Waals surface area (Å²) in [6, 6.07) is 15.8. The van der Waals surface area contributed by atoms with E-state index in [-0.39, 0.29) is 5.69 Å². The van der Waals surface area contributed by atoms with Crippen LogP contribution < -0.4 is 5.32 Å². The molecule has 0 aromatic heterocycles. The molecule has 1 saturated heterocycles. The third-order valence-electron chi connectivity index (χ3n) is 4.52. The van der Waals surface area contributed by atoms with Gasteiger partial charge in [-0.3, -0.25) is 10.1 Å². The quantitative estimate of drug-likeness (QED) is 0.386. The minimum atomic E-state index is -0.622. The number of esters is 1. The molecular weight excluding hydrogens is 332 g/mol. The van der Waals surface area contributed by atoms with Crippen molar-refractivity contribution in [3.05, 3.63) is 81.9 Å². The fourth-order valence-corrected chi connectivity index (χ4v) is 3.12. The van der Waals surface area contributed by atoms with Crippen LogP contribution in [0.5, 0.6) is 0 Å². The average molecular weight is 352 g/mol. The zero-order chi connectivity index (χ0) is 18.4. The first-order chi connectivity index (χ1) is 12.6. The van der Waals surface area contributed by atoms with Crippen molar-refractivity contribution < 1.29 is 14.5 Å². The van der Waals surface area contributed by atoms with Crippen molar-refractivity contribution in [1.29, 1.82) is 0 Å². The van der Waals surface area contributed by atoms with Crippen molar-refractivity contribution >= 4 is 17.7 Å². The molecule has 1 fully saturated rings. The summed E-state index contributed by atoms with van der Waals surface area (Å²) in [6.45, 7) is 1.57. The molecule has 0 atom stereocenters. The van der Waals surface area contributed by atoms with Gasteiger partial charge in [-0.25, -0.2) is 4.79 Å². The Morgan fingerprint density at radius 3 is 2.35 bits per heavy atom. The van der Waals surface area contributed by atoms with E-state index >= 15 is 0 Å². The summed E-state index contributed by atoms with van der Waals surface area (Å²) in [5.74, 6) is -0.422. The summed E-state index contributed by atoms with van der Waals surface area (Å²) in [5.41, 5.74) is 1.09. The molecule has 1 N–H and O–H groups in total. The highest BCUT2D eigenvalue weighted by molar-refractivity contribution is 5.87. The Hall–Kier alpha value is -2.99. The van der Waals surface area contributed by atoms with Crippen LogP contribution in [0, 0.1) is 10.1 Å². The van der Waals surface area contributed by atoms with E-state index in [0.29, 0.717) is 18.4 Å². The summed E-state index contributed by atoms with van der Waals surface area (Å²) >= 11 is 0. The van der Waals surface area contributed by atoms with Crippen molar-refractivity contribution in [1.82, 2.24) is 5.32 Å². The first-order valence-electron chi connectivity index (χ1n) is 8.51. The number of nitrogens with one attached hydrogen (secondary N) is 1. The molecule has 2 aromatic carbocycles. The lowest BCUT2D eigenvalue weighted by Gasteiger charge is -2.37. The molecule has 0 amide bonds. The van der Waals surface area contributed by atoms with Gasteiger partial charge >= 0.3 is 5.97 Å². The Morgan fingerprint density at radius 2 is 1.73 bits per heavy atom. The van der Waals surface area contributed by atoms with Gasteiger partial charge in [-0.05, 0) is 42.4 Å². The van der Waals surface area contributed by atoms with Gasteiger partial charge in [-0.1, -0.05) is 30.3 Å². The van der Waals surface area contributed by atoms with Gasteiger partial charge in [0.25, 0.3) is 5.69 Å². The standard InChI is InChI=1S/C20H20N2O4/c23-19(11-8-16-6-9-18(10-7-16)22(24)25)26-20(12-14-21-15-13-20)17-4-2-1-3-5-17/h1-11,21H,12-15H2/b11-8+. The van der Waals surface area contributed by atoms with Gasteiger partial charge in [-0.15, -0.1) is 0 Å². The van der Waals surface area contributed by atoms with E-state index in [1.807, 2.05) is 30.3 Å². The van der Waals surface area contributed by atoms with Gasteiger partial charge in [0.2, 0.25) is 0 Å². The maximum Gasteiger partial charge on any atom is 0.331 e. The number of nitro groups is 1. The largest absolute Gasteiger partial charge is 0.451 e. The molecule has 0 saturated carbocycles. The average Bonchev–Trinajstić information content (AvgIpc) is 2.68. The van der Waals surface area contributed by atoms with Crippen LogP contribution in [0.15, 0.2) is 60.7 Å².